The van der Waals surface area contributed by atoms with Gasteiger partial charge < -0.3 is 25.2 Å². The number of amides is 2. The molecule has 3 N–H and O–H groups in total. The van der Waals surface area contributed by atoms with Crippen LogP contribution in [0, 0.1) is 0 Å². The maximum atomic E-state index is 11.7. The monoisotopic (exact) mass is 266 g/mol. The third-order valence-corrected chi connectivity index (χ3v) is 2.99. The summed E-state index contributed by atoms with van der Waals surface area (Å²) < 4.78 is 10.2. The van der Waals surface area contributed by atoms with E-state index >= 15 is 0 Å². The zero-order valence-corrected chi connectivity index (χ0v) is 10.8. The molecule has 1 heterocycles. The third kappa shape index (κ3) is 3.84. The zero-order valence-electron chi connectivity index (χ0n) is 10.8. The van der Waals surface area contributed by atoms with Crippen LogP contribution >= 0.6 is 0 Å². The molecule has 1 aromatic rings. The molecule has 1 saturated heterocycles. The van der Waals surface area contributed by atoms with Crippen LogP contribution in [0.4, 0.5) is 10.5 Å². The summed E-state index contributed by atoms with van der Waals surface area (Å²) in [6.07, 6.45) is 0.534. The van der Waals surface area contributed by atoms with Gasteiger partial charge in [-0.2, -0.15) is 0 Å². The van der Waals surface area contributed by atoms with E-state index in [0.717, 1.165) is 0 Å². The molecule has 2 amide bonds. The first-order valence-corrected chi connectivity index (χ1v) is 6.10. The van der Waals surface area contributed by atoms with Crippen molar-refractivity contribution in [3.05, 3.63) is 24.3 Å². The van der Waals surface area contributed by atoms with Crippen molar-refractivity contribution in [2.24, 2.45) is 0 Å². The van der Waals surface area contributed by atoms with Crippen molar-refractivity contribution >= 4 is 11.7 Å². The molecule has 1 fully saturated rings. The molecule has 0 aliphatic carbocycles. The van der Waals surface area contributed by atoms with Crippen LogP contribution < -0.4 is 15.4 Å². The van der Waals surface area contributed by atoms with Gasteiger partial charge in [-0.15, -0.1) is 0 Å². The van der Waals surface area contributed by atoms with Crippen molar-refractivity contribution in [3.63, 3.8) is 0 Å². The summed E-state index contributed by atoms with van der Waals surface area (Å²) in [4.78, 5) is 11.7. The summed E-state index contributed by atoms with van der Waals surface area (Å²) >= 11 is 0. The molecule has 104 valence electrons. The number of hydrogen-bond donors (Lipinski definition) is 3. The van der Waals surface area contributed by atoms with E-state index in [2.05, 4.69) is 10.6 Å². The molecule has 19 heavy (non-hydrogen) atoms. The second kappa shape index (κ2) is 5.90. The zero-order chi connectivity index (χ0) is 13.7. The van der Waals surface area contributed by atoms with Crippen molar-refractivity contribution in [2.45, 2.75) is 12.0 Å². The quantitative estimate of drug-likeness (QED) is 0.758. The number of carbonyl (C=O) groups excluding carboxylic acids is 1. The molecule has 0 spiro atoms. The van der Waals surface area contributed by atoms with Crippen LogP contribution in [0.1, 0.15) is 6.42 Å². The van der Waals surface area contributed by atoms with Crippen molar-refractivity contribution in [1.29, 1.82) is 0 Å². The predicted molar refractivity (Wildman–Crippen MR) is 70.4 cm³/mol. The lowest BCUT2D eigenvalue weighted by Gasteiger charge is -2.20. The fourth-order valence-corrected chi connectivity index (χ4v) is 1.86. The molecule has 1 unspecified atom stereocenters. The minimum atomic E-state index is -0.953. The van der Waals surface area contributed by atoms with E-state index in [1.54, 1.807) is 31.4 Å². The van der Waals surface area contributed by atoms with Crippen molar-refractivity contribution in [1.82, 2.24) is 5.32 Å². The van der Waals surface area contributed by atoms with E-state index in [1.807, 2.05) is 0 Å². The summed E-state index contributed by atoms with van der Waals surface area (Å²) in [6, 6.07) is 6.69. The van der Waals surface area contributed by atoms with Crippen molar-refractivity contribution in [3.8, 4) is 5.75 Å². The number of anilines is 1. The first kappa shape index (κ1) is 13.6. The molecule has 0 bridgehead atoms. The molecule has 6 heteroatoms. The highest BCUT2D eigenvalue weighted by Gasteiger charge is 2.32. The Bertz CT molecular complexity index is 444. The fourth-order valence-electron chi connectivity index (χ4n) is 1.86. The SMILES string of the molecule is COc1cccc(NC(=O)NCC2(O)CCOC2)c1. The average molecular weight is 266 g/mol. The van der Waals surface area contributed by atoms with Gasteiger partial charge in [0.2, 0.25) is 0 Å². The van der Waals surface area contributed by atoms with Crippen LogP contribution in [0.5, 0.6) is 5.75 Å². The van der Waals surface area contributed by atoms with Crippen LogP contribution in [0.15, 0.2) is 24.3 Å². The number of aliphatic hydroxyl groups is 1. The summed E-state index contributed by atoms with van der Waals surface area (Å²) in [7, 11) is 1.56. The number of urea groups is 1. The number of rotatable bonds is 4. The van der Waals surface area contributed by atoms with Crippen LogP contribution in [0.2, 0.25) is 0 Å². The van der Waals surface area contributed by atoms with E-state index < -0.39 is 5.60 Å². The summed E-state index contributed by atoms with van der Waals surface area (Å²) in [5, 5.41) is 15.3. The lowest BCUT2D eigenvalue weighted by Crippen LogP contribution is -2.44. The highest BCUT2D eigenvalue weighted by Crippen LogP contribution is 2.18. The Hall–Kier alpha value is -1.79. The summed E-state index contributed by atoms with van der Waals surface area (Å²) in [5.41, 5.74) is -0.322. The normalized spacial score (nSPS) is 22.0. The van der Waals surface area contributed by atoms with Crippen LogP contribution in [0.25, 0.3) is 0 Å². The van der Waals surface area contributed by atoms with E-state index in [4.69, 9.17) is 9.47 Å². The maximum Gasteiger partial charge on any atom is 0.319 e. The molecule has 0 aromatic heterocycles. The van der Waals surface area contributed by atoms with Crippen molar-refractivity contribution in [2.75, 3.05) is 32.2 Å². The van der Waals surface area contributed by atoms with Crippen LogP contribution in [-0.4, -0.2) is 43.6 Å². The predicted octanol–water partition coefficient (Wildman–Crippen LogP) is 0.968. The Morgan fingerprint density at radius 2 is 2.42 bits per heavy atom. The molecular formula is C13H18N2O4. The molecule has 0 radical (unpaired) electrons. The minimum absolute atomic E-state index is 0.169. The van der Waals surface area contributed by atoms with Gasteiger partial charge in [-0.05, 0) is 12.1 Å². The fraction of sp³-hybridized carbons (Fsp3) is 0.462. The lowest BCUT2D eigenvalue weighted by atomic mass is 10.0. The van der Waals surface area contributed by atoms with Gasteiger partial charge in [0.05, 0.1) is 20.3 Å². The Kier molecular flexibility index (Phi) is 4.24. The average Bonchev–Trinajstić information content (AvgIpc) is 2.84. The van der Waals surface area contributed by atoms with Gasteiger partial charge in [0.15, 0.2) is 0 Å². The van der Waals surface area contributed by atoms with Crippen LogP contribution in [0.3, 0.4) is 0 Å². The lowest BCUT2D eigenvalue weighted by molar-refractivity contribution is 0.0295. The molecule has 1 aliphatic rings. The highest BCUT2D eigenvalue weighted by molar-refractivity contribution is 5.89. The van der Waals surface area contributed by atoms with Gasteiger partial charge in [-0.3, -0.25) is 0 Å². The number of carbonyl (C=O) groups is 1. The molecule has 0 saturated carbocycles. The van der Waals surface area contributed by atoms with E-state index in [0.29, 0.717) is 24.5 Å². The molecular weight excluding hydrogens is 248 g/mol. The smallest absolute Gasteiger partial charge is 0.319 e. The molecule has 1 atom stereocenters. The molecule has 1 aliphatic heterocycles. The minimum Gasteiger partial charge on any atom is -0.497 e. The van der Waals surface area contributed by atoms with Crippen molar-refractivity contribution < 1.29 is 19.4 Å². The highest BCUT2D eigenvalue weighted by atomic mass is 16.5. The van der Waals surface area contributed by atoms with E-state index in [-0.39, 0.29) is 19.2 Å². The van der Waals surface area contributed by atoms with Gasteiger partial charge in [-0.1, -0.05) is 6.07 Å². The number of methoxy groups -OCH3 is 1. The number of benzene rings is 1. The second-order valence-corrected chi connectivity index (χ2v) is 4.57. The largest absolute Gasteiger partial charge is 0.497 e. The third-order valence-electron chi connectivity index (χ3n) is 2.99. The number of ether oxygens (including phenoxy) is 2. The molecule has 1 aromatic carbocycles. The first-order chi connectivity index (χ1) is 9.11. The molecule has 2 rings (SSSR count). The maximum absolute atomic E-state index is 11.7. The molecule has 6 nitrogen and oxygen atoms in total. The first-order valence-electron chi connectivity index (χ1n) is 6.10. The Labute approximate surface area is 111 Å². The number of hydrogen-bond acceptors (Lipinski definition) is 4. The second-order valence-electron chi connectivity index (χ2n) is 4.57. The van der Waals surface area contributed by atoms with Gasteiger partial charge in [0.25, 0.3) is 0 Å². The van der Waals surface area contributed by atoms with E-state index in [9.17, 15) is 9.90 Å². The van der Waals surface area contributed by atoms with Gasteiger partial charge >= 0.3 is 6.03 Å². The standard InChI is InChI=1S/C13H18N2O4/c1-18-11-4-2-3-10(7-11)15-12(16)14-8-13(17)5-6-19-9-13/h2-4,7,17H,5-6,8-9H2,1H3,(H2,14,15,16). The topological polar surface area (TPSA) is 79.8 Å². The summed E-state index contributed by atoms with van der Waals surface area (Å²) in [5.74, 6) is 0.667. The van der Waals surface area contributed by atoms with E-state index in [1.165, 1.54) is 0 Å². The number of nitrogens with one attached hydrogen (secondary N) is 2. The van der Waals surface area contributed by atoms with Crippen LogP contribution in [-0.2, 0) is 4.74 Å². The van der Waals surface area contributed by atoms with Gasteiger partial charge in [0.1, 0.15) is 11.4 Å². The summed E-state index contributed by atoms with van der Waals surface area (Å²) in [6.45, 7) is 0.949. The van der Waals surface area contributed by atoms with Gasteiger partial charge in [-0.25, -0.2) is 4.79 Å². The Morgan fingerprint density at radius 3 is 3.11 bits per heavy atom. The Morgan fingerprint density at radius 1 is 1.58 bits per heavy atom. The van der Waals surface area contributed by atoms with Gasteiger partial charge in [0, 0.05) is 24.8 Å². The Balaban J connectivity index is 1.83.